The Hall–Kier alpha value is -1.43. The topological polar surface area (TPSA) is 80.0 Å². The molecule has 1 rings (SSSR count). The quantitative estimate of drug-likeness (QED) is 0.647. The second kappa shape index (κ2) is 5.33. The Kier molecular flexibility index (Phi) is 4.06. The number of nitrogens with one attached hydrogen (secondary N) is 1. The predicted molar refractivity (Wildman–Crippen MR) is 49.3 cm³/mol. The fraction of sp³-hybridized carbons (Fsp3) is 0.625. The molecule has 6 heteroatoms. The minimum Gasteiger partial charge on any atom is -0.392 e. The lowest BCUT2D eigenvalue weighted by molar-refractivity contribution is -0.121. The Morgan fingerprint density at radius 3 is 3.07 bits per heavy atom. The van der Waals surface area contributed by atoms with Gasteiger partial charge in [0.25, 0.3) is 0 Å². The summed E-state index contributed by atoms with van der Waals surface area (Å²) >= 11 is 0. The number of rotatable bonds is 5. The van der Waals surface area contributed by atoms with Gasteiger partial charge in [0.15, 0.2) is 0 Å². The number of aryl methyl sites for hydroxylation is 1. The Bertz CT molecular complexity index is 271. The largest absolute Gasteiger partial charge is 0.392 e. The van der Waals surface area contributed by atoms with E-state index in [9.17, 15) is 4.79 Å². The molecule has 0 aliphatic heterocycles. The van der Waals surface area contributed by atoms with Gasteiger partial charge in [-0.1, -0.05) is 5.21 Å². The molecule has 6 nitrogen and oxygen atoms in total. The van der Waals surface area contributed by atoms with Crippen molar-refractivity contribution in [3.8, 4) is 0 Å². The SMILES string of the molecule is CC(O)CNC(=O)CCn1ccnn1. The van der Waals surface area contributed by atoms with Crippen LogP contribution in [0, 0.1) is 0 Å². The van der Waals surface area contributed by atoms with Crippen LogP contribution in [0.4, 0.5) is 0 Å². The van der Waals surface area contributed by atoms with Gasteiger partial charge in [0, 0.05) is 19.2 Å². The van der Waals surface area contributed by atoms with Crippen LogP contribution < -0.4 is 5.32 Å². The van der Waals surface area contributed by atoms with Crippen LogP contribution in [0.1, 0.15) is 13.3 Å². The Labute approximate surface area is 81.9 Å². The van der Waals surface area contributed by atoms with E-state index in [4.69, 9.17) is 5.11 Å². The molecular formula is C8H14N4O2. The lowest BCUT2D eigenvalue weighted by Gasteiger charge is -2.06. The summed E-state index contributed by atoms with van der Waals surface area (Å²) in [5.41, 5.74) is 0. The van der Waals surface area contributed by atoms with Crippen molar-refractivity contribution in [2.75, 3.05) is 6.54 Å². The van der Waals surface area contributed by atoms with Crippen molar-refractivity contribution >= 4 is 5.91 Å². The number of amides is 1. The summed E-state index contributed by atoms with van der Waals surface area (Å²) in [5.74, 6) is -0.0959. The van der Waals surface area contributed by atoms with Crippen molar-refractivity contribution in [2.24, 2.45) is 0 Å². The third-order valence-corrected chi connectivity index (χ3v) is 1.63. The van der Waals surface area contributed by atoms with Crippen LogP contribution in [0.2, 0.25) is 0 Å². The summed E-state index contributed by atoms with van der Waals surface area (Å²) in [6, 6.07) is 0. The van der Waals surface area contributed by atoms with E-state index < -0.39 is 6.10 Å². The van der Waals surface area contributed by atoms with Gasteiger partial charge >= 0.3 is 0 Å². The number of hydrogen-bond donors (Lipinski definition) is 2. The summed E-state index contributed by atoms with van der Waals surface area (Å²) in [4.78, 5) is 11.2. The first-order valence-electron chi connectivity index (χ1n) is 4.47. The third-order valence-electron chi connectivity index (χ3n) is 1.63. The monoisotopic (exact) mass is 198 g/mol. The zero-order valence-electron chi connectivity index (χ0n) is 8.05. The first kappa shape index (κ1) is 10.6. The molecule has 1 atom stereocenters. The molecule has 0 saturated heterocycles. The van der Waals surface area contributed by atoms with Gasteiger partial charge in [-0.3, -0.25) is 9.48 Å². The molecule has 0 aliphatic carbocycles. The fourth-order valence-electron chi connectivity index (χ4n) is 0.918. The van der Waals surface area contributed by atoms with Gasteiger partial charge in [-0.15, -0.1) is 5.10 Å². The zero-order valence-corrected chi connectivity index (χ0v) is 8.05. The molecule has 1 amide bonds. The summed E-state index contributed by atoms with van der Waals surface area (Å²) < 4.78 is 1.59. The van der Waals surface area contributed by atoms with Crippen LogP contribution >= 0.6 is 0 Å². The van der Waals surface area contributed by atoms with Crippen molar-refractivity contribution in [3.63, 3.8) is 0 Å². The number of carbonyl (C=O) groups excluding carboxylic acids is 1. The zero-order chi connectivity index (χ0) is 10.4. The first-order valence-corrected chi connectivity index (χ1v) is 4.47. The normalized spacial score (nSPS) is 12.4. The highest BCUT2D eigenvalue weighted by Crippen LogP contribution is 1.87. The lowest BCUT2D eigenvalue weighted by atomic mass is 10.3. The van der Waals surface area contributed by atoms with Crippen LogP contribution in [0.25, 0.3) is 0 Å². The number of nitrogens with zero attached hydrogens (tertiary/aromatic N) is 3. The number of aliphatic hydroxyl groups is 1. The van der Waals surface area contributed by atoms with Gasteiger partial charge in [0.05, 0.1) is 18.8 Å². The van der Waals surface area contributed by atoms with Gasteiger partial charge in [-0.2, -0.15) is 0 Å². The molecular weight excluding hydrogens is 184 g/mol. The van der Waals surface area contributed by atoms with Gasteiger partial charge in [-0.25, -0.2) is 0 Å². The molecule has 1 aromatic rings. The Morgan fingerprint density at radius 2 is 2.50 bits per heavy atom. The molecule has 0 bridgehead atoms. The number of hydrogen-bond acceptors (Lipinski definition) is 4. The van der Waals surface area contributed by atoms with Gasteiger partial charge < -0.3 is 10.4 Å². The van der Waals surface area contributed by atoms with E-state index in [0.29, 0.717) is 13.0 Å². The molecule has 2 N–H and O–H groups in total. The van der Waals surface area contributed by atoms with E-state index in [-0.39, 0.29) is 12.5 Å². The maximum absolute atomic E-state index is 11.2. The Morgan fingerprint density at radius 1 is 1.71 bits per heavy atom. The smallest absolute Gasteiger partial charge is 0.221 e. The van der Waals surface area contributed by atoms with E-state index in [1.165, 1.54) is 0 Å². The van der Waals surface area contributed by atoms with E-state index in [0.717, 1.165) is 0 Å². The maximum Gasteiger partial charge on any atom is 0.221 e. The summed E-state index contributed by atoms with van der Waals surface area (Å²) in [6.45, 7) is 2.42. The molecule has 78 valence electrons. The number of aliphatic hydroxyl groups excluding tert-OH is 1. The standard InChI is InChI=1S/C8H14N4O2/c1-7(13)6-9-8(14)2-4-12-5-3-10-11-12/h3,5,7,13H,2,4,6H2,1H3,(H,9,14). The third kappa shape index (κ3) is 3.99. The molecule has 1 unspecified atom stereocenters. The van der Waals surface area contributed by atoms with Crippen molar-refractivity contribution in [2.45, 2.75) is 26.0 Å². The Balaban J connectivity index is 2.15. The summed E-state index contributed by atoms with van der Waals surface area (Å²) in [6.07, 6.45) is 3.09. The molecule has 0 aliphatic rings. The van der Waals surface area contributed by atoms with E-state index in [1.807, 2.05) is 0 Å². The second-order valence-electron chi connectivity index (χ2n) is 3.07. The molecule has 0 saturated carbocycles. The van der Waals surface area contributed by atoms with E-state index >= 15 is 0 Å². The molecule has 14 heavy (non-hydrogen) atoms. The van der Waals surface area contributed by atoms with Crippen LogP contribution in [-0.2, 0) is 11.3 Å². The van der Waals surface area contributed by atoms with Crippen LogP contribution in [0.3, 0.4) is 0 Å². The summed E-state index contributed by atoms with van der Waals surface area (Å²) in [5, 5.41) is 18.8. The van der Waals surface area contributed by atoms with Crippen LogP contribution in [-0.4, -0.2) is 38.7 Å². The first-order chi connectivity index (χ1) is 6.68. The fourth-order valence-corrected chi connectivity index (χ4v) is 0.918. The molecule has 0 aromatic carbocycles. The molecule has 1 aromatic heterocycles. The number of carbonyl (C=O) groups is 1. The van der Waals surface area contributed by atoms with E-state index in [2.05, 4.69) is 15.6 Å². The molecule has 0 radical (unpaired) electrons. The van der Waals surface area contributed by atoms with Crippen molar-refractivity contribution in [1.29, 1.82) is 0 Å². The van der Waals surface area contributed by atoms with Gasteiger partial charge in [-0.05, 0) is 6.92 Å². The average Bonchev–Trinajstić information content (AvgIpc) is 2.63. The highest BCUT2D eigenvalue weighted by molar-refractivity contribution is 5.75. The highest BCUT2D eigenvalue weighted by Gasteiger charge is 2.03. The molecule has 1 heterocycles. The summed E-state index contributed by atoms with van der Waals surface area (Å²) in [7, 11) is 0. The molecule has 0 fully saturated rings. The van der Waals surface area contributed by atoms with Crippen molar-refractivity contribution in [1.82, 2.24) is 20.3 Å². The maximum atomic E-state index is 11.2. The minimum atomic E-state index is -0.509. The van der Waals surface area contributed by atoms with Crippen molar-refractivity contribution < 1.29 is 9.90 Å². The van der Waals surface area contributed by atoms with E-state index in [1.54, 1.807) is 24.0 Å². The van der Waals surface area contributed by atoms with Crippen LogP contribution in [0.15, 0.2) is 12.4 Å². The number of aromatic nitrogens is 3. The lowest BCUT2D eigenvalue weighted by Crippen LogP contribution is -2.31. The average molecular weight is 198 g/mol. The van der Waals surface area contributed by atoms with Gasteiger partial charge in [0.2, 0.25) is 5.91 Å². The second-order valence-corrected chi connectivity index (χ2v) is 3.07. The van der Waals surface area contributed by atoms with Crippen molar-refractivity contribution in [3.05, 3.63) is 12.4 Å². The predicted octanol–water partition coefficient (Wildman–Crippen LogP) is -0.835. The van der Waals surface area contributed by atoms with Gasteiger partial charge in [0.1, 0.15) is 0 Å². The van der Waals surface area contributed by atoms with Crippen LogP contribution in [0.5, 0.6) is 0 Å². The highest BCUT2D eigenvalue weighted by atomic mass is 16.3. The minimum absolute atomic E-state index is 0.0959. The molecule has 0 spiro atoms.